The first kappa shape index (κ1) is 14.3. The predicted octanol–water partition coefficient (Wildman–Crippen LogP) is 1.98. The Morgan fingerprint density at radius 3 is 2.71 bits per heavy atom. The van der Waals surface area contributed by atoms with Crippen molar-refractivity contribution in [2.45, 2.75) is 58.5 Å². The van der Waals surface area contributed by atoms with Crippen molar-refractivity contribution in [2.75, 3.05) is 13.2 Å². The van der Waals surface area contributed by atoms with E-state index in [1.165, 1.54) is 0 Å². The molecule has 1 rings (SSSR count). The van der Waals surface area contributed by atoms with Crippen LogP contribution in [0.15, 0.2) is 0 Å². The lowest BCUT2D eigenvalue weighted by Crippen LogP contribution is -2.47. The summed E-state index contributed by atoms with van der Waals surface area (Å²) in [5, 5.41) is 12.2. The van der Waals surface area contributed by atoms with Gasteiger partial charge >= 0.3 is 6.03 Å². The minimum absolute atomic E-state index is 0.0159. The number of nitrogens with one attached hydrogen (secondary N) is 1. The summed E-state index contributed by atoms with van der Waals surface area (Å²) in [5.41, 5.74) is 0. The lowest BCUT2D eigenvalue weighted by molar-refractivity contribution is 0.154. The molecule has 2 N–H and O–H groups in total. The average molecular weight is 242 g/mol. The molecule has 0 aromatic carbocycles. The number of hydrogen-bond acceptors (Lipinski definition) is 2. The highest BCUT2D eigenvalue weighted by Crippen LogP contribution is 2.17. The molecule has 2 amide bonds. The van der Waals surface area contributed by atoms with Crippen molar-refractivity contribution in [3.8, 4) is 0 Å². The molecule has 4 nitrogen and oxygen atoms in total. The Balaban J connectivity index is 2.32. The molecule has 0 aliphatic carbocycles. The normalized spacial score (nSPS) is 21.9. The van der Waals surface area contributed by atoms with Crippen LogP contribution in [-0.2, 0) is 0 Å². The summed E-state index contributed by atoms with van der Waals surface area (Å²) < 4.78 is 0. The first-order chi connectivity index (χ1) is 8.04. The zero-order valence-electron chi connectivity index (χ0n) is 11.3. The van der Waals surface area contributed by atoms with Gasteiger partial charge in [0.15, 0.2) is 0 Å². The molecule has 0 bridgehead atoms. The Labute approximate surface area is 104 Å². The molecule has 100 valence electrons. The molecule has 1 aliphatic heterocycles. The molecule has 1 saturated heterocycles. The van der Waals surface area contributed by atoms with Gasteiger partial charge in [-0.1, -0.05) is 13.8 Å². The van der Waals surface area contributed by atoms with Crippen molar-refractivity contribution in [2.24, 2.45) is 5.92 Å². The van der Waals surface area contributed by atoms with Gasteiger partial charge < -0.3 is 15.3 Å². The fourth-order valence-electron chi connectivity index (χ4n) is 2.24. The third-order valence-corrected chi connectivity index (χ3v) is 3.40. The van der Waals surface area contributed by atoms with E-state index in [-0.39, 0.29) is 24.7 Å². The number of likely N-dealkylation sites (tertiary alicyclic amines) is 1. The fourth-order valence-corrected chi connectivity index (χ4v) is 2.24. The largest absolute Gasteiger partial charge is 0.394 e. The summed E-state index contributed by atoms with van der Waals surface area (Å²) in [6, 6.07) is 0.218. The molecule has 2 atom stereocenters. The first-order valence-electron chi connectivity index (χ1n) is 6.72. The van der Waals surface area contributed by atoms with E-state index in [4.69, 9.17) is 0 Å². The number of urea groups is 1. The Hall–Kier alpha value is -0.770. The molecular weight excluding hydrogens is 216 g/mol. The number of aliphatic hydroxyl groups is 1. The van der Waals surface area contributed by atoms with Crippen molar-refractivity contribution in [1.29, 1.82) is 0 Å². The second-order valence-electron chi connectivity index (χ2n) is 5.49. The minimum Gasteiger partial charge on any atom is -0.394 e. The first-order valence-corrected chi connectivity index (χ1v) is 6.72. The van der Waals surface area contributed by atoms with E-state index < -0.39 is 0 Å². The van der Waals surface area contributed by atoms with E-state index in [9.17, 15) is 9.90 Å². The number of amides is 2. The molecule has 1 aliphatic rings. The van der Waals surface area contributed by atoms with E-state index in [0.29, 0.717) is 5.92 Å². The number of carbonyl (C=O) groups excluding carboxylic acids is 1. The smallest absolute Gasteiger partial charge is 0.317 e. The molecule has 1 heterocycles. The monoisotopic (exact) mass is 242 g/mol. The average Bonchev–Trinajstić information content (AvgIpc) is 2.74. The van der Waals surface area contributed by atoms with Crippen molar-refractivity contribution in [3.05, 3.63) is 0 Å². The lowest BCUT2D eigenvalue weighted by atomic mass is 10.0. The quantitative estimate of drug-likeness (QED) is 0.774. The second kappa shape index (κ2) is 6.84. The Kier molecular flexibility index (Phi) is 5.75. The van der Waals surface area contributed by atoms with Crippen LogP contribution in [0.25, 0.3) is 0 Å². The van der Waals surface area contributed by atoms with E-state index in [1.54, 1.807) is 4.90 Å². The van der Waals surface area contributed by atoms with E-state index in [1.807, 2.05) is 6.92 Å². The summed E-state index contributed by atoms with van der Waals surface area (Å²) >= 11 is 0. The van der Waals surface area contributed by atoms with Crippen LogP contribution in [0.2, 0.25) is 0 Å². The zero-order chi connectivity index (χ0) is 12.8. The summed E-state index contributed by atoms with van der Waals surface area (Å²) in [7, 11) is 0. The molecule has 4 heteroatoms. The number of rotatable bonds is 5. The predicted molar refractivity (Wildman–Crippen MR) is 68.9 cm³/mol. The number of carbonyl (C=O) groups is 1. The van der Waals surface area contributed by atoms with Gasteiger partial charge in [0.1, 0.15) is 0 Å². The van der Waals surface area contributed by atoms with Crippen LogP contribution in [0.1, 0.15) is 46.5 Å². The van der Waals surface area contributed by atoms with E-state index >= 15 is 0 Å². The minimum atomic E-state index is -0.0159. The molecular formula is C13H26N2O2. The SMILES string of the molecule is CC(C)CCC(C)NC(=O)N1CCC[C@H]1CO. The van der Waals surface area contributed by atoms with Crippen LogP contribution in [-0.4, -0.2) is 41.3 Å². The standard InChI is InChI=1S/C13H26N2O2/c1-10(2)6-7-11(3)14-13(17)15-8-4-5-12(15)9-16/h10-12,16H,4-9H2,1-3H3,(H,14,17)/t11?,12-/m0/s1. The highest BCUT2D eigenvalue weighted by Gasteiger charge is 2.28. The molecule has 0 aromatic heterocycles. The van der Waals surface area contributed by atoms with Crippen molar-refractivity contribution >= 4 is 6.03 Å². The second-order valence-corrected chi connectivity index (χ2v) is 5.49. The van der Waals surface area contributed by atoms with Gasteiger partial charge in [-0.15, -0.1) is 0 Å². The van der Waals surface area contributed by atoms with Crippen molar-refractivity contribution in [1.82, 2.24) is 10.2 Å². The Morgan fingerprint density at radius 1 is 1.41 bits per heavy atom. The van der Waals surface area contributed by atoms with Gasteiger partial charge in [0.25, 0.3) is 0 Å². The maximum absolute atomic E-state index is 12.0. The molecule has 17 heavy (non-hydrogen) atoms. The summed E-state index contributed by atoms with van der Waals surface area (Å²) in [5.74, 6) is 0.673. The lowest BCUT2D eigenvalue weighted by Gasteiger charge is -2.25. The maximum atomic E-state index is 12.0. The van der Waals surface area contributed by atoms with Crippen LogP contribution < -0.4 is 5.32 Å². The van der Waals surface area contributed by atoms with E-state index in [0.717, 1.165) is 32.2 Å². The van der Waals surface area contributed by atoms with Gasteiger partial charge in [0.2, 0.25) is 0 Å². The van der Waals surface area contributed by atoms with Crippen LogP contribution in [0.3, 0.4) is 0 Å². The number of aliphatic hydroxyl groups excluding tert-OH is 1. The Morgan fingerprint density at radius 2 is 2.12 bits per heavy atom. The number of nitrogens with zero attached hydrogens (tertiary/aromatic N) is 1. The third kappa shape index (κ3) is 4.54. The molecule has 1 fully saturated rings. The molecule has 0 radical (unpaired) electrons. The van der Waals surface area contributed by atoms with Crippen LogP contribution in [0.5, 0.6) is 0 Å². The van der Waals surface area contributed by atoms with Gasteiger partial charge in [0, 0.05) is 12.6 Å². The van der Waals surface area contributed by atoms with Crippen LogP contribution in [0, 0.1) is 5.92 Å². The molecule has 1 unspecified atom stereocenters. The van der Waals surface area contributed by atoms with Gasteiger partial charge in [0.05, 0.1) is 12.6 Å². The van der Waals surface area contributed by atoms with Gasteiger partial charge in [-0.2, -0.15) is 0 Å². The van der Waals surface area contributed by atoms with Crippen molar-refractivity contribution < 1.29 is 9.90 Å². The molecule has 0 aromatic rings. The van der Waals surface area contributed by atoms with Crippen LogP contribution >= 0.6 is 0 Å². The zero-order valence-corrected chi connectivity index (χ0v) is 11.3. The van der Waals surface area contributed by atoms with Crippen LogP contribution in [0.4, 0.5) is 4.79 Å². The van der Waals surface area contributed by atoms with E-state index in [2.05, 4.69) is 19.2 Å². The molecule has 0 saturated carbocycles. The topological polar surface area (TPSA) is 52.6 Å². The summed E-state index contributed by atoms with van der Waals surface area (Å²) in [4.78, 5) is 13.7. The van der Waals surface area contributed by atoms with Crippen molar-refractivity contribution in [3.63, 3.8) is 0 Å². The third-order valence-electron chi connectivity index (χ3n) is 3.40. The van der Waals surface area contributed by atoms with Gasteiger partial charge in [-0.05, 0) is 38.5 Å². The Bertz CT molecular complexity index is 244. The summed E-state index contributed by atoms with van der Waals surface area (Å²) in [6.07, 6.45) is 4.06. The summed E-state index contributed by atoms with van der Waals surface area (Å²) in [6.45, 7) is 7.28. The fraction of sp³-hybridized carbons (Fsp3) is 0.923. The van der Waals surface area contributed by atoms with Gasteiger partial charge in [-0.25, -0.2) is 4.79 Å². The highest BCUT2D eigenvalue weighted by molar-refractivity contribution is 5.75. The maximum Gasteiger partial charge on any atom is 0.317 e. The highest BCUT2D eigenvalue weighted by atomic mass is 16.3. The molecule has 0 spiro atoms. The van der Waals surface area contributed by atoms with Gasteiger partial charge in [-0.3, -0.25) is 0 Å². The number of hydrogen-bond donors (Lipinski definition) is 2.